The minimum atomic E-state index is -0.519. The topological polar surface area (TPSA) is 75.3 Å². The van der Waals surface area contributed by atoms with E-state index in [1.54, 1.807) is 6.92 Å². The smallest absolute Gasteiger partial charge is 0.237 e. The first-order valence-corrected chi connectivity index (χ1v) is 5.38. The fourth-order valence-electron chi connectivity index (χ4n) is 1.30. The van der Waals surface area contributed by atoms with Gasteiger partial charge in [0.2, 0.25) is 5.91 Å². The van der Waals surface area contributed by atoms with Crippen LogP contribution in [-0.2, 0) is 4.79 Å². The molecule has 0 radical (unpaired) electrons. The van der Waals surface area contributed by atoms with Gasteiger partial charge in [0.25, 0.3) is 0 Å². The summed E-state index contributed by atoms with van der Waals surface area (Å²) in [5.74, 6) is -0.157. The van der Waals surface area contributed by atoms with Crippen molar-refractivity contribution in [1.29, 1.82) is 0 Å². The lowest BCUT2D eigenvalue weighted by Gasteiger charge is -2.27. The van der Waals surface area contributed by atoms with E-state index in [2.05, 4.69) is 5.32 Å². The van der Waals surface area contributed by atoms with Crippen molar-refractivity contribution in [2.45, 2.75) is 59.2 Å². The number of carbonyl (C=O) groups is 1. The van der Waals surface area contributed by atoms with E-state index >= 15 is 0 Å². The van der Waals surface area contributed by atoms with Crippen LogP contribution in [0.15, 0.2) is 0 Å². The highest BCUT2D eigenvalue weighted by Crippen LogP contribution is 2.17. The largest absolute Gasteiger partial charge is 0.393 e. The van der Waals surface area contributed by atoms with Crippen LogP contribution >= 0.6 is 0 Å². The van der Waals surface area contributed by atoms with Gasteiger partial charge in [-0.15, -0.1) is 0 Å². The van der Waals surface area contributed by atoms with Crippen molar-refractivity contribution in [3.63, 3.8) is 0 Å². The molecule has 0 bridgehead atoms. The maximum absolute atomic E-state index is 11.7. The third-order valence-corrected chi connectivity index (χ3v) is 2.30. The number of aliphatic hydroxyl groups excluding tert-OH is 1. The van der Waals surface area contributed by atoms with Crippen LogP contribution in [0.1, 0.15) is 41.0 Å². The number of hydrogen-bond donors (Lipinski definition) is 3. The normalized spacial score (nSPS) is 18.1. The Morgan fingerprint density at radius 3 is 2.20 bits per heavy atom. The van der Waals surface area contributed by atoms with E-state index in [9.17, 15) is 4.79 Å². The molecule has 90 valence electrons. The van der Waals surface area contributed by atoms with Crippen molar-refractivity contribution < 1.29 is 9.90 Å². The first kappa shape index (κ1) is 14.4. The maximum Gasteiger partial charge on any atom is 0.237 e. The van der Waals surface area contributed by atoms with Crippen molar-refractivity contribution in [3.05, 3.63) is 0 Å². The zero-order valence-electron chi connectivity index (χ0n) is 10.4. The molecule has 0 heterocycles. The Hall–Kier alpha value is -0.610. The molecule has 0 aliphatic rings. The third kappa shape index (κ3) is 5.74. The van der Waals surface area contributed by atoms with Gasteiger partial charge in [0.1, 0.15) is 0 Å². The molecule has 0 aliphatic carbocycles. The van der Waals surface area contributed by atoms with Gasteiger partial charge in [-0.05, 0) is 25.7 Å². The number of nitrogens with two attached hydrogens (primary N) is 1. The van der Waals surface area contributed by atoms with E-state index in [0.717, 1.165) is 0 Å². The lowest BCUT2D eigenvalue weighted by atomic mass is 9.87. The molecular formula is C11H24N2O2. The fourth-order valence-corrected chi connectivity index (χ4v) is 1.30. The summed E-state index contributed by atoms with van der Waals surface area (Å²) in [5, 5.41) is 11.9. The number of carbonyl (C=O) groups excluding carboxylic acids is 1. The van der Waals surface area contributed by atoms with Gasteiger partial charge in [-0.2, -0.15) is 0 Å². The minimum absolute atomic E-state index is 0.0501. The lowest BCUT2D eigenvalue weighted by Crippen LogP contribution is -2.51. The van der Waals surface area contributed by atoms with E-state index in [-0.39, 0.29) is 17.4 Å². The molecule has 0 aromatic rings. The van der Waals surface area contributed by atoms with Crippen LogP contribution in [0, 0.1) is 5.41 Å². The molecule has 3 atom stereocenters. The molecule has 0 spiro atoms. The molecule has 4 heteroatoms. The van der Waals surface area contributed by atoms with Crippen molar-refractivity contribution in [1.82, 2.24) is 5.32 Å². The van der Waals surface area contributed by atoms with Crippen molar-refractivity contribution in [2.75, 3.05) is 0 Å². The fraction of sp³-hybridized carbons (Fsp3) is 0.909. The Bertz CT molecular complexity index is 209. The molecule has 1 amide bonds. The molecular weight excluding hydrogens is 192 g/mol. The van der Waals surface area contributed by atoms with Gasteiger partial charge in [0.15, 0.2) is 0 Å². The first-order chi connectivity index (χ1) is 6.64. The highest BCUT2D eigenvalue weighted by Gasteiger charge is 2.28. The molecule has 0 fully saturated rings. The molecule has 15 heavy (non-hydrogen) atoms. The van der Waals surface area contributed by atoms with Crippen molar-refractivity contribution >= 4 is 5.91 Å². The Morgan fingerprint density at radius 1 is 1.40 bits per heavy atom. The second-order valence-corrected chi connectivity index (χ2v) is 5.34. The number of aliphatic hydroxyl groups is 1. The van der Waals surface area contributed by atoms with E-state index in [4.69, 9.17) is 10.8 Å². The molecule has 0 aromatic heterocycles. The quantitative estimate of drug-likeness (QED) is 0.645. The summed E-state index contributed by atoms with van der Waals surface area (Å²) in [6.07, 6.45) is 0.133. The number of rotatable bonds is 4. The van der Waals surface area contributed by atoms with Crippen LogP contribution in [0.3, 0.4) is 0 Å². The van der Waals surface area contributed by atoms with Gasteiger partial charge in [0.05, 0.1) is 12.1 Å². The van der Waals surface area contributed by atoms with Gasteiger partial charge in [0, 0.05) is 6.04 Å². The highest BCUT2D eigenvalue weighted by atomic mass is 16.3. The number of nitrogens with one attached hydrogen (secondary N) is 1. The molecule has 3 unspecified atom stereocenters. The summed E-state index contributed by atoms with van der Waals surface area (Å²) in [7, 11) is 0. The Balaban J connectivity index is 4.14. The summed E-state index contributed by atoms with van der Waals surface area (Å²) in [4.78, 5) is 11.7. The van der Waals surface area contributed by atoms with Crippen molar-refractivity contribution in [3.8, 4) is 0 Å². The molecule has 4 N–H and O–H groups in total. The average molecular weight is 216 g/mol. The summed E-state index contributed by atoms with van der Waals surface area (Å²) in [6, 6.07) is -0.570. The van der Waals surface area contributed by atoms with E-state index in [1.165, 1.54) is 0 Å². The monoisotopic (exact) mass is 216 g/mol. The summed E-state index contributed by atoms with van der Waals surface area (Å²) < 4.78 is 0. The summed E-state index contributed by atoms with van der Waals surface area (Å²) in [5.41, 5.74) is 5.56. The second kappa shape index (κ2) is 5.47. The highest BCUT2D eigenvalue weighted by molar-refractivity contribution is 5.82. The Morgan fingerprint density at radius 2 is 1.87 bits per heavy atom. The average Bonchev–Trinajstić information content (AvgIpc) is 1.99. The molecule has 0 saturated carbocycles. The summed E-state index contributed by atoms with van der Waals surface area (Å²) >= 11 is 0. The van der Waals surface area contributed by atoms with Crippen LogP contribution in [0.2, 0.25) is 0 Å². The Labute approximate surface area is 92.2 Å². The predicted octanol–water partition coefficient (Wildman–Crippen LogP) is 0.635. The molecule has 0 aromatic carbocycles. The van der Waals surface area contributed by atoms with Crippen LogP contribution in [-0.4, -0.2) is 29.2 Å². The molecule has 4 nitrogen and oxygen atoms in total. The van der Waals surface area contributed by atoms with Crippen LogP contribution in [0.5, 0.6) is 0 Å². The van der Waals surface area contributed by atoms with Gasteiger partial charge in [-0.25, -0.2) is 0 Å². The lowest BCUT2D eigenvalue weighted by molar-refractivity contribution is -0.125. The van der Waals surface area contributed by atoms with Gasteiger partial charge < -0.3 is 16.2 Å². The first-order valence-electron chi connectivity index (χ1n) is 5.38. The van der Waals surface area contributed by atoms with E-state index < -0.39 is 12.1 Å². The van der Waals surface area contributed by atoms with Crippen molar-refractivity contribution in [2.24, 2.45) is 11.1 Å². The van der Waals surface area contributed by atoms with E-state index in [1.807, 2.05) is 27.7 Å². The van der Waals surface area contributed by atoms with Gasteiger partial charge in [-0.3, -0.25) is 4.79 Å². The zero-order chi connectivity index (χ0) is 12.2. The van der Waals surface area contributed by atoms with Gasteiger partial charge >= 0.3 is 0 Å². The van der Waals surface area contributed by atoms with Crippen LogP contribution < -0.4 is 11.1 Å². The van der Waals surface area contributed by atoms with E-state index in [0.29, 0.717) is 6.42 Å². The summed E-state index contributed by atoms with van der Waals surface area (Å²) in [6.45, 7) is 9.34. The minimum Gasteiger partial charge on any atom is -0.393 e. The maximum atomic E-state index is 11.7. The number of hydrogen-bond acceptors (Lipinski definition) is 3. The predicted molar refractivity (Wildman–Crippen MR) is 61.3 cm³/mol. The zero-order valence-corrected chi connectivity index (χ0v) is 10.4. The molecule has 0 aliphatic heterocycles. The van der Waals surface area contributed by atoms with Gasteiger partial charge in [-0.1, -0.05) is 20.8 Å². The second-order valence-electron chi connectivity index (χ2n) is 5.34. The van der Waals surface area contributed by atoms with Crippen LogP contribution in [0.4, 0.5) is 0 Å². The molecule has 0 saturated heterocycles. The number of amides is 1. The third-order valence-electron chi connectivity index (χ3n) is 2.30. The SMILES string of the molecule is CC(O)CC(C)NC(=O)C(N)C(C)(C)C. The Kier molecular flexibility index (Phi) is 5.24. The van der Waals surface area contributed by atoms with Crippen LogP contribution in [0.25, 0.3) is 0 Å². The molecule has 0 rings (SSSR count). The standard InChI is InChI=1S/C11H24N2O2/c1-7(6-8(2)14)13-10(15)9(12)11(3,4)5/h7-9,14H,6,12H2,1-5H3,(H,13,15).